The summed E-state index contributed by atoms with van der Waals surface area (Å²) in [5, 5.41) is 21.6. The Morgan fingerprint density at radius 3 is 2.69 bits per heavy atom. The molecule has 1 aromatic rings. The highest BCUT2D eigenvalue weighted by molar-refractivity contribution is 5.53. The molecule has 7 rings (SSSR count). The fourth-order valence-electron chi connectivity index (χ4n) is 9.91. The van der Waals surface area contributed by atoms with Crippen molar-refractivity contribution in [3.05, 3.63) is 34.4 Å². The van der Waals surface area contributed by atoms with Crippen LogP contribution in [0, 0.1) is 23.2 Å². The summed E-state index contributed by atoms with van der Waals surface area (Å²) >= 11 is 0. The van der Waals surface area contributed by atoms with Gasteiger partial charge < -0.3 is 14.9 Å². The van der Waals surface area contributed by atoms with Gasteiger partial charge in [0.15, 0.2) is 0 Å². The highest BCUT2D eigenvalue weighted by atomic mass is 16.5. The molecule has 4 heteroatoms. The Kier molecular flexibility index (Phi) is 4.21. The highest BCUT2D eigenvalue weighted by Crippen LogP contribution is 2.65. The fraction of sp³-hybridized carbons (Fsp3) is 0.786. The van der Waals surface area contributed by atoms with Gasteiger partial charge in [0, 0.05) is 25.3 Å². The standard InChI is InChI=1S/C28H39NO3/c1-15-18-5-6-19-20-12-25(31)23-10-17(30)8-9-27(23,2)22(20)11-21(19)26(18)28(32-3)13-16-4-7-24(15)29(28)14-16/h5-6,15-17,20,22-25,30-31H,4,7-14H2,1-3H3/t15-,16-,17?,20+,22+,23+,24+,25?,27-,28?/m1/s1. The zero-order chi connectivity index (χ0) is 22.0. The van der Waals surface area contributed by atoms with Crippen LogP contribution in [-0.2, 0) is 16.9 Å². The molecule has 2 saturated heterocycles. The number of ether oxygens (including phenoxy) is 1. The summed E-state index contributed by atoms with van der Waals surface area (Å²) < 4.78 is 6.55. The van der Waals surface area contributed by atoms with Gasteiger partial charge in [0.1, 0.15) is 5.72 Å². The first-order chi connectivity index (χ1) is 15.4. The predicted octanol–water partition coefficient (Wildman–Crippen LogP) is 4.28. The number of fused-ring (bicyclic) bond motifs is 9. The average Bonchev–Trinajstić information content (AvgIpc) is 3.32. The third kappa shape index (κ3) is 2.33. The quantitative estimate of drug-likeness (QED) is 0.689. The number of nitrogens with zero attached hydrogens (tertiary/aromatic N) is 1. The summed E-state index contributed by atoms with van der Waals surface area (Å²) in [4.78, 5) is 2.74. The molecule has 2 saturated carbocycles. The van der Waals surface area contributed by atoms with Gasteiger partial charge in [-0.3, -0.25) is 4.90 Å². The first-order valence-corrected chi connectivity index (χ1v) is 13.2. The van der Waals surface area contributed by atoms with E-state index in [2.05, 4.69) is 30.9 Å². The first kappa shape index (κ1) is 20.4. The molecule has 0 spiro atoms. The molecule has 0 aromatic heterocycles. The number of rotatable bonds is 1. The lowest BCUT2D eigenvalue weighted by molar-refractivity contribution is -0.149. The van der Waals surface area contributed by atoms with Crippen molar-refractivity contribution >= 4 is 0 Å². The molecule has 3 unspecified atom stereocenters. The number of piperidine rings is 1. The third-order valence-corrected chi connectivity index (χ3v) is 11.4. The lowest BCUT2D eigenvalue weighted by Gasteiger charge is -2.55. The van der Waals surface area contributed by atoms with Gasteiger partial charge in [-0.05, 0) is 103 Å². The number of methoxy groups -OCH3 is 1. The minimum atomic E-state index is -0.299. The van der Waals surface area contributed by atoms with Crippen LogP contribution in [0.2, 0.25) is 0 Å². The van der Waals surface area contributed by atoms with E-state index >= 15 is 0 Å². The largest absolute Gasteiger partial charge is 0.393 e. The third-order valence-electron chi connectivity index (χ3n) is 11.4. The normalized spacial score (nSPS) is 51.0. The van der Waals surface area contributed by atoms with Gasteiger partial charge in [0.05, 0.1) is 12.2 Å². The van der Waals surface area contributed by atoms with Gasteiger partial charge in [-0.25, -0.2) is 0 Å². The lowest BCUT2D eigenvalue weighted by atomic mass is 9.51. The Bertz CT molecular complexity index is 962. The fourth-order valence-corrected chi connectivity index (χ4v) is 9.91. The summed E-state index contributed by atoms with van der Waals surface area (Å²) in [6, 6.07) is 5.48. The van der Waals surface area contributed by atoms with E-state index < -0.39 is 0 Å². The van der Waals surface area contributed by atoms with E-state index in [9.17, 15) is 10.2 Å². The van der Waals surface area contributed by atoms with Crippen molar-refractivity contribution < 1.29 is 14.9 Å². The van der Waals surface area contributed by atoms with Crippen molar-refractivity contribution in [3.63, 3.8) is 0 Å². The van der Waals surface area contributed by atoms with Crippen LogP contribution >= 0.6 is 0 Å². The summed E-state index contributed by atoms with van der Waals surface area (Å²) in [6.45, 7) is 6.06. The van der Waals surface area contributed by atoms with Crippen molar-refractivity contribution in [3.8, 4) is 0 Å². The number of hydrogen-bond acceptors (Lipinski definition) is 4. The van der Waals surface area contributed by atoms with Crippen LogP contribution in [-0.4, -0.2) is 47.0 Å². The van der Waals surface area contributed by atoms with Gasteiger partial charge in [0.25, 0.3) is 0 Å². The van der Waals surface area contributed by atoms with Gasteiger partial charge in [-0.1, -0.05) is 26.0 Å². The second kappa shape index (κ2) is 6.59. The minimum Gasteiger partial charge on any atom is -0.393 e. The molecule has 2 N–H and O–H groups in total. The smallest absolute Gasteiger partial charge is 0.148 e. The summed E-state index contributed by atoms with van der Waals surface area (Å²) in [7, 11) is 1.95. The van der Waals surface area contributed by atoms with Gasteiger partial charge in [-0.2, -0.15) is 0 Å². The highest BCUT2D eigenvalue weighted by Gasteiger charge is 2.61. The van der Waals surface area contributed by atoms with E-state index in [-0.39, 0.29) is 29.3 Å². The molecule has 3 aliphatic heterocycles. The number of hydrogen-bond donors (Lipinski definition) is 2. The van der Waals surface area contributed by atoms with E-state index in [0.29, 0.717) is 23.8 Å². The molecule has 4 nitrogen and oxygen atoms in total. The van der Waals surface area contributed by atoms with Crippen LogP contribution < -0.4 is 0 Å². The van der Waals surface area contributed by atoms with E-state index in [1.807, 2.05) is 7.11 Å². The molecule has 174 valence electrons. The van der Waals surface area contributed by atoms with Crippen LogP contribution in [0.25, 0.3) is 0 Å². The van der Waals surface area contributed by atoms with Crippen LogP contribution in [0.15, 0.2) is 12.1 Å². The zero-order valence-electron chi connectivity index (χ0n) is 19.9. The second-order valence-corrected chi connectivity index (χ2v) is 12.5. The number of aliphatic hydroxyl groups is 2. The Labute approximate surface area is 192 Å². The van der Waals surface area contributed by atoms with Gasteiger partial charge in [0.2, 0.25) is 0 Å². The first-order valence-electron chi connectivity index (χ1n) is 13.2. The van der Waals surface area contributed by atoms with Crippen LogP contribution in [0.1, 0.15) is 92.9 Å². The van der Waals surface area contributed by atoms with Crippen molar-refractivity contribution in [2.24, 2.45) is 23.2 Å². The van der Waals surface area contributed by atoms with Crippen molar-refractivity contribution in [1.29, 1.82) is 0 Å². The number of benzene rings is 1. The average molecular weight is 438 g/mol. The molecule has 32 heavy (non-hydrogen) atoms. The Morgan fingerprint density at radius 1 is 1.06 bits per heavy atom. The maximum Gasteiger partial charge on any atom is 0.148 e. The molecule has 3 heterocycles. The van der Waals surface area contributed by atoms with E-state index in [0.717, 1.165) is 44.4 Å². The molecule has 1 aromatic carbocycles. The van der Waals surface area contributed by atoms with E-state index in [1.54, 1.807) is 5.56 Å². The molecular formula is C28H39NO3. The van der Waals surface area contributed by atoms with Gasteiger partial charge >= 0.3 is 0 Å². The lowest BCUT2D eigenvalue weighted by Crippen LogP contribution is -2.55. The molecule has 3 aliphatic carbocycles. The summed E-state index contributed by atoms with van der Waals surface area (Å²) in [5.41, 5.74) is 6.00. The number of aliphatic hydroxyl groups excluding tert-OH is 2. The zero-order valence-corrected chi connectivity index (χ0v) is 19.9. The maximum atomic E-state index is 11.2. The molecule has 2 bridgehead atoms. The van der Waals surface area contributed by atoms with Crippen LogP contribution in [0.4, 0.5) is 0 Å². The molecule has 4 fully saturated rings. The van der Waals surface area contributed by atoms with Gasteiger partial charge in [-0.15, -0.1) is 0 Å². The van der Waals surface area contributed by atoms with Crippen molar-refractivity contribution in [1.82, 2.24) is 4.90 Å². The molecule has 0 radical (unpaired) electrons. The topological polar surface area (TPSA) is 52.9 Å². The maximum absolute atomic E-state index is 11.2. The van der Waals surface area contributed by atoms with Crippen molar-refractivity contribution in [2.45, 2.75) is 101 Å². The summed E-state index contributed by atoms with van der Waals surface area (Å²) in [6.07, 6.45) is 7.91. The molecule has 10 atom stereocenters. The molecule has 6 aliphatic rings. The van der Waals surface area contributed by atoms with Crippen molar-refractivity contribution in [2.75, 3.05) is 13.7 Å². The summed E-state index contributed by atoms with van der Waals surface area (Å²) in [5.74, 6) is 2.56. The van der Waals surface area contributed by atoms with E-state index in [4.69, 9.17) is 4.74 Å². The molecule has 0 amide bonds. The minimum absolute atomic E-state index is 0.113. The molecular weight excluding hydrogens is 398 g/mol. The van der Waals surface area contributed by atoms with Crippen LogP contribution in [0.5, 0.6) is 0 Å². The van der Waals surface area contributed by atoms with E-state index in [1.165, 1.54) is 36.1 Å². The Hall–Kier alpha value is -0.940. The predicted molar refractivity (Wildman–Crippen MR) is 123 cm³/mol. The Morgan fingerprint density at radius 2 is 1.88 bits per heavy atom. The van der Waals surface area contributed by atoms with Crippen LogP contribution in [0.3, 0.4) is 0 Å². The Balaban J connectivity index is 1.38. The monoisotopic (exact) mass is 437 g/mol. The second-order valence-electron chi connectivity index (χ2n) is 12.5. The SMILES string of the molecule is COC12C[C@H]3CC[C@@H]([C@H](C)c4ccc5c(c41)C[C@H]1[C@H]5CC(O)[C@@H]4CC(O)CC[C@@]41C)N2C3.